The van der Waals surface area contributed by atoms with E-state index in [2.05, 4.69) is 53.2 Å². The lowest BCUT2D eigenvalue weighted by Gasteiger charge is -2.36. The van der Waals surface area contributed by atoms with Gasteiger partial charge in [-0.3, -0.25) is 9.69 Å². The molecule has 0 radical (unpaired) electrons. The van der Waals surface area contributed by atoms with Crippen LogP contribution in [0.4, 0.5) is 5.69 Å². The maximum Gasteiger partial charge on any atom is 0.251 e. The van der Waals surface area contributed by atoms with Crippen LogP contribution in [0.25, 0.3) is 0 Å². The van der Waals surface area contributed by atoms with E-state index in [4.69, 9.17) is 0 Å². The molecule has 2 aromatic carbocycles. The van der Waals surface area contributed by atoms with Gasteiger partial charge in [-0.15, -0.1) is 0 Å². The van der Waals surface area contributed by atoms with Crippen LogP contribution in [0.1, 0.15) is 41.3 Å². The summed E-state index contributed by atoms with van der Waals surface area (Å²) >= 11 is 0. The zero-order valence-corrected chi connectivity index (χ0v) is 17.3. The Hall–Kier alpha value is -2.33. The molecule has 28 heavy (non-hydrogen) atoms. The van der Waals surface area contributed by atoms with Crippen LogP contribution in [0, 0.1) is 6.92 Å². The van der Waals surface area contributed by atoms with E-state index in [1.54, 1.807) is 0 Å². The highest BCUT2D eigenvalue weighted by atomic mass is 16.1. The first-order valence-corrected chi connectivity index (χ1v) is 10.6. The summed E-state index contributed by atoms with van der Waals surface area (Å²) in [4.78, 5) is 17.2. The van der Waals surface area contributed by atoms with Gasteiger partial charge in [0.25, 0.3) is 5.91 Å². The van der Waals surface area contributed by atoms with Gasteiger partial charge in [0, 0.05) is 44.0 Å². The largest absolute Gasteiger partial charge is 0.369 e. The topological polar surface area (TPSA) is 35.6 Å². The minimum absolute atomic E-state index is 0.0365. The quantitative estimate of drug-likeness (QED) is 0.707. The monoisotopic (exact) mass is 379 g/mol. The Morgan fingerprint density at radius 1 is 1.00 bits per heavy atom. The lowest BCUT2D eigenvalue weighted by atomic mass is 10.1. The van der Waals surface area contributed by atoms with Crippen LogP contribution in [-0.2, 0) is 6.42 Å². The van der Waals surface area contributed by atoms with Gasteiger partial charge in [0.15, 0.2) is 0 Å². The van der Waals surface area contributed by atoms with E-state index in [9.17, 15) is 4.79 Å². The van der Waals surface area contributed by atoms with E-state index in [1.165, 1.54) is 16.8 Å². The molecule has 1 aliphatic heterocycles. The zero-order valence-electron chi connectivity index (χ0n) is 17.3. The number of hydrogen-bond acceptors (Lipinski definition) is 3. The van der Waals surface area contributed by atoms with Crippen LogP contribution < -0.4 is 10.2 Å². The molecule has 0 spiro atoms. The zero-order chi connectivity index (χ0) is 19.8. The van der Waals surface area contributed by atoms with Crippen LogP contribution >= 0.6 is 0 Å². The molecular formula is C24H33N3O. The van der Waals surface area contributed by atoms with E-state index in [0.717, 1.165) is 64.1 Å². The van der Waals surface area contributed by atoms with Crippen molar-refractivity contribution < 1.29 is 4.79 Å². The third-order valence-corrected chi connectivity index (χ3v) is 5.55. The molecule has 0 atom stereocenters. The van der Waals surface area contributed by atoms with Crippen molar-refractivity contribution in [3.05, 3.63) is 65.2 Å². The fourth-order valence-corrected chi connectivity index (χ4v) is 3.71. The molecule has 0 saturated carbocycles. The number of carbonyl (C=O) groups is 1. The van der Waals surface area contributed by atoms with Crippen LogP contribution in [0.15, 0.2) is 48.5 Å². The van der Waals surface area contributed by atoms with Crippen molar-refractivity contribution in [2.24, 2.45) is 0 Å². The molecule has 1 amide bonds. The van der Waals surface area contributed by atoms with E-state index < -0.39 is 0 Å². The summed E-state index contributed by atoms with van der Waals surface area (Å²) in [6.45, 7) is 10.5. The summed E-state index contributed by atoms with van der Waals surface area (Å²) < 4.78 is 0. The first-order valence-electron chi connectivity index (χ1n) is 10.6. The summed E-state index contributed by atoms with van der Waals surface area (Å²) in [6.07, 6.45) is 3.15. The summed E-state index contributed by atoms with van der Waals surface area (Å²) in [5.74, 6) is 0.0365. The van der Waals surface area contributed by atoms with Gasteiger partial charge < -0.3 is 10.2 Å². The molecule has 0 aliphatic carbocycles. The van der Waals surface area contributed by atoms with Gasteiger partial charge in [0.05, 0.1) is 0 Å². The number of nitrogens with one attached hydrogen (secondary N) is 1. The second-order valence-corrected chi connectivity index (χ2v) is 7.68. The molecule has 0 bridgehead atoms. The van der Waals surface area contributed by atoms with E-state index in [0.29, 0.717) is 0 Å². The number of amides is 1. The van der Waals surface area contributed by atoms with Crippen LogP contribution in [0.3, 0.4) is 0 Å². The first-order chi connectivity index (χ1) is 13.7. The SMILES string of the molecule is CCc1ccc(C(=O)NCCCCN2CCN(c3cccc(C)c3)CC2)cc1. The normalized spacial score (nSPS) is 14.9. The second kappa shape index (κ2) is 10.3. The van der Waals surface area contributed by atoms with Gasteiger partial charge >= 0.3 is 0 Å². The fourth-order valence-electron chi connectivity index (χ4n) is 3.71. The highest BCUT2D eigenvalue weighted by Gasteiger charge is 2.16. The molecule has 1 aliphatic rings. The van der Waals surface area contributed by atoms with Crippen LogP contribution in [0.2, 0.25) is 0 Å². The number of carbonyl (C=O) groups excluding carboxylic acids is 1. The van der Waals surface area contributed by atoms with Gasteiger partial charge in [0.2, 0.25) is 0 Å². The summed E-state index contributed by atoms with van der Waals surface area (Å²) in [5.41, 5.74) is 4.68. The molecule has 2 aromatic rings. The third-order valence-electron chi connectivity index (χ3n) is 5.55. The Kier molecular flexibility index (Phi) is 7.49. The smallest absolute Gasteiger partial charge is 0.251 e. The lowest BCUT2D eigenvalue weighted by Crippen LogP contribution is -2.46. The van der Waals surface area contributed by atoms with E-state index in [1.807, 2.05) is 24.3 Å². The van der Waals surface area contributed by atoms with Crippen LogP contribution in [-0.4, -0.2) is 50.1 Å². The first kappa shape index (κ1) is 20.4. The Labute approximate surface area is 169 Å². The van der Waals surface area contributed by atoms with E-state index >= 15 is 0 Å². The molecular weight excluding hydrogens is 346 g/mol. The minimum atomic E-state index is 0.0365. The van der Waals surface area contributed by atoms with Crippen molar-refractivity contribution in [1.29, 1.82) is 0 Å². The number of anilines is 1. The highest BCUT2D eigenvalue weighted by Crippen LogP contribution is 2.17. The molecule has 4 heteroatoms. The number of hydrogen-bond donors (Lipinski definition) is 1. The average Bonchev–Trinajstić information content (AvgIpc) is 2.74. The predicted octanol–water partition coefficient (Wildman–Crippen LogP) is 3.89. The Bertz CT molecular complexity index is 749. The van der Waals surface area contributed by atoms with Crippen molar-refractivity contribution in [3.8, 4) is 0 Å². The van der Waals surface area contributed by atoms with Gasteiger partial charge in [-0.2, -0.15) is 0 Å². The third kappa shape index (κ3) is 5.83. The molecule has 0 aromatic heterocycles. The highest BCUT2D eigenvalue weighted by molar-refractivity contribution is 5.94. The Morgan fingerprint density at radius 3 is 2.43 bits per heavy atom. The van der Waals surface area contributed by atoms with Gasteiger partial charge in [-0.25, -0.2) is 0 Å². The molecule has 1 heterocycles. The summed E-state index contributed by atoms with van der Waals surface area (Å²) in [6, 6.07) is 16.7. The fraction of sp³-hybridized carbons (Fsp3) is 0.458. The van der Waals surface area contributed by atoms with Crippen molar-refractivity contribution in [3.63, 3.8) is 0 Å². The Morgan fingerprint density at radius 2 is 1.75 bits per heavy atom. The molecule has 4 nitrogen and oxygen atoms in total. The van der Waals surface area contributed by atoms with Gasteiger partial charge in [-0.05, 0) is 68.1 Å². The molecule has 3 rings (SSSR count). The average molecular weight is 380 g/mol. The molecule has 1 fully saturated rings. The molecule has 0 unspecified atom stereocenters. The van der Waals surface area contributed by atoms with Crippen LogP contribution in [0.5, 0.6) is 0 Å². The molecule has 1 saturated heterocycles. The molecule has 1 N–H and O–H groups in total. The number of aryl methyl sites for hydroxylation is 2. The lowest BCUT2D eigenvalue weighted by molar-refractivity contribution is 0.0952. The standard InChI is InChI=1S/C24H33N3O/c1-3-21-9-11-22(12-10-21)24(28)25-13-4-5-14-26-15-17-27(18-16-26)23-8-6-7-20(2)19-23/h6-12,19H,3-5,13-18H2,1-2H3,(H,25,28). The van der Waals surface area contributed by atoms with Gasteiger partial charge in [-0.1, -0.05) is 31.2 Å². The number of benzene rings is 2. The number of nitrogens with zero attached hydrogens (tertiary/aromatic N) is 2. The van der Waals surface area contributed by atoms with Crippen molar-refractivity contribution in [2.45, 2.75) is 33.1 Å². The second-order valence-electron chi connectivity index (χ2n) is 7.68. The number of rotatable bonds is 8. The van der Waals surface area contributed by atoms with Gasteiger partial charge in [0.1, 0.15) is 0 Å². The summed E-state index contributed by atoms with van der Waals surface area (Å²) in [7, 11) is 0. The van der Waals surface area contributed by atoms with Crippen molar-refractivity contribution >= 4 is 11.6 Å². The van der Waals surface area contributed by atoms with Crippen molar-refractivity contribution in [2.75, 3.05) is 44.2 Å². The van der Waals surface area contributed by atoms with Crippen molar-refractivity contribution in [1.82, 2.24) is 10.2 Å². The maximum absolute atomic E-state index is 12.2. The summed E-state index contributed by atoms with van der Waals surface area (Å²) in [5, 5.41) is 3.04. The molecule has 150 valence electrons. The predicted molar refractivity (Wildman–Crippen MR) is 117 cm³/mol. The number of unbranched alkanes of at least 4 members (excludes halogenated alkanes) is 1. The minimum Gasteiger partial charge on any atom is -0.369 e. The number of piperazine rings is 1. The Balaban J connectivity index is 1.30. The van der Waals surface area contributed by atoms with E-state index in [-0.39, 0.29) is 5.91 Å². The maximum atomic E-state index is 12.2.